The van der Waals surface area contributed by atoms with E-state index in [-0.39, 0.29) is 5.75 Å². The third kappa shape index (κ3) is 1.22. The van der Waals surface area contributed by atoms with Gasteiger partial charge in [-0.3, -0.25) is 4.79 Å². The number of thiophene rings is 1. The van der Waals surface area contributed by atoms with Crippen LogP contribution in [0.3, 0.4) is 0 Å². The van der Waals surface area contributed by atoms with E-state index in [1.165, 1.54) is 17.4 Å². The lowest BCUT2D eigenvalue weighted by atomic mass is 10.1. The number of carbonyl (C=O) groups excluding carboxylic acids is 1. The Morgan fingerprint density at radius 1 is 1.54 bits per heavy atom. The third-order valence-electron chi connectivity index (χ3n) is 1.84. The van der Waals surface area contributed by atoms with Crippen LogP contribution in [-0.2, 0) is 0 Å². The fourth-order valence-corrected chi connectivity index (χ4v) is 2.43. The smallest absolute Gasteiger partial charge is 0.151 e. The SMILES string of the molecule is O=Cc1cc(O)c(S)c2ccsc12. The Morgan fingerprint density at radius 3 is 3.00 bits per heavy atom. The number of aldehydes is 1. The maximum absolute atomic E-state index is 10.7. The molecule has 0 spiro atoms. The van der Waals surface area contributed by atoms with E-state index in [0.29, 0.717) is 10.5 Å². The predicted molar refractivity (Wildman–Crippen MR) is 56.1 cm³/mol. The molecule has 2 rings (SSSR count). The van der Waals surface area contributed by atoms with Gasteiger partial charge in [0.25, 0.3) is 0 Å². The Kier molecular flexibility index (Phi) is 2.01. The average molecular weight is 210 g/mol. The summed E-state index contributed by atoms with van der Waals surface area (Å²) in [5, 5.41) is 12.1. The standard InChI is InChI=1S/C9H6O2S2/c10-4-5-3-7(11)8(12)6-1-2-13-9(5)6/h1-4,11-12H. The van der Waals surface area contributed by atoms with Crippen molar-refractivity contribution in [1.29, 1.82) is 0 Å². The summed E-state index contributed by atoms with van der Waals surface area (Å²) in [5.74, 6) is 0.0522. The molecule has 1 N–H and O–H groups in total. The highest BCUT2D eigenvalue weighted by atomic mass is 32.1. The summed E-state index contributed by atoms with van der Waals surface area (Å²) in [6, 6.07) is 3.28. The van der Waals surface area contributed by atoms with Crippen molar-refractivity contribution in [3.8, 4) is 5.75 Å². The third-order valence-corrected chi connectivity index (χ3v) is 3.28. The number of carbonyl (C=O) groups is 1. The van der Waals surface area contributed by atoms with Crippen molar-refractivity contribution >= 4 is 40.3 Å². The van der Waals surface area contributed by atoms with Gasteiger partial charge in [0.05, 0.1) is 4.90 Å². The van der Waals surface area contributed by atoms with Crippen molar-refractivity contribution in [2.75, 3.05) is 0 Å². The number of hydrogen-bond donors (Lipinski definition) is 2. The first-order valence-electron chi connectivity index (χ1n) is 3.61. The number of fused-ring (bicyclic) bond motifs is 1. The molecule has 0 radical (unpaired) electrons. The monoisotopic (exact) mass is 210 g/mol. The topological polar surface area (TPSA) is 37.3 Å². The lowest BCUT2D eigenvalue weighted by Crippen LogP contribution is -1.81. The first kappa shape index (κ1) is 8.59. The van der Waals surface area contributed by atoms with Gasteiger partial charge in [-0.1, -0.05) is 0 Å². The van der Waals surface area contributed by atoms with E-state index < -0.39 is 0 Å². The van der Waals surface area contributed by atoms with Gasteiger partial charge < -0.3 is 5.11 Å². The number of hydrogen-bond acceptors (Lipinski definition) is 4. The Hall–Kier alpha value is -1.00. The Morgan fingerprint density at radius 2 is 2.31 bits per heavy atom. The summed E-state index contributed by atoms with van der Waals surface area (Å²) in [4.78, 5) is 11.2. The van der Waals surface area contributed by atoms with Crippen LogP contribution >= 0.6 is 24.0 Å². The Bertz CT molecular complexity index is 474. The zero-order chi connectivity index (χ0) is 9.42. The second kappa shape index (κ2) is 3.05. The summed E-state index contributed by atoms with van der Waals surface area (Å²) in [7, 11) is 0. The van der Waals surface area contributed by atoms with Gasteiger partial charge in [-0.25, -0.2) is 0 Å². The minimum Gasteiger partial charge on any atom is -0.507 e. The lowest BCUT2D eigenvalue weighted by molar-refractivity contribution is 0.112. The molecular formula is C9H6O2S2. The van der Waals surface area contributed by atoms with Crippen molar-refractivity contribution in [2.45, 2.75) is 4.90 Å². The van der Waals surface area contributed by atoms with Gasteiger partial charge in [0.1, 0.15) is 5.75 Å². The molecule has 66 valence electrons. The van der Waals surface area contributed by atoms with Crippen LogP contribution in [0.25, 0.3) is 10.1 Å². The summed E-state index contributed by atoms with van der Waals surface area (Å²) in [6.07, 6.45) is 0.742. The predicted octanol–water partition coefficient (Wildman–Crippen LogP) is 2.71. The average Bonchev–Trinajstić information content (AvgIpc) is 2.60. The Balaban J connectivity index is 2.95. The van der Waals surface area contributed by atoms with Gasteiger partial charge in [-0.2, -0.15) is 0 Å². The molecule has 1 heterocycles. The first-order chi connectivity index (χ1) is 6.24. The summed E-state index contributed by atoms with van der Waals surface area (Å²) >= 11 is 5.63. The number of thiol groups is 1. The van der Waals surface area contributed by atoms with Gasteiger partial charge >= 0.3 is 0 Å². The minimum absolute atomic E-state index is 0.0522. The molecule has 0 saturated carbocycles. The lowest BCUT2D eigenvalue weighted by Gasteiger charge is -2.01. The fraction of sp³-hybridized carbons (Fsp3) is 0. The molecule has 1 aromatic carbocycles. The van der Waals surface area contributed by atoms with Gasteiger partial charge in [0.2, 0.25) is 0 Å². The molecule has 0 bridgehead atoms. The maximum atomic E-state index is 10.7. The van der Waals surface area contributed by atoms with Crippen LogP contribution in [0, 0.1) is 0 Å². The molecule has 4 heteroatoms. The molecule has 0 amide bonds. The molecule has 0 unspecified atom stereocenters. The van der Waals surface area contributed by atoms with Gasteiger partial charge in [-0.15, -0.1) is 24.0 Å². The van der Waals surface area contributed by atoms with Crippen molar-refractivity contribution < 1.29 is 9.90 Å². The second-order valence-corrected chi connectivity index (χ2v) is 3.98. The normalized spacial score (nSPS) is 10.5. The molecule has 2 nitrogen and oxygen atoms in total. The van der Waals surface area contributed by atoms with E-state index in [1.54, 1.807) is 0 Å². The van der Waals surface area contributed by atoms with Crippen LogP contribution in [0.15, 0.2) is 22.4 Å². The minimum atomic E-state index is 0.0522. The number of phenols is 1. The zero-order valence-corrected chi connectivity index (χ0v) is 8.23. The van der Waals surface area contributed by atoms with Crippen LogP contribution in [0.4, 0.5) is 0 Å². The first-order valence-corrected chi connectivity index (χ1v) is 4.94. The number of rotatable bonds is 1. The number of aromatic hydroxyl groups is 1. The number of benzene rings is 1. The molecular weight excluding hydrogens is 204 g/mol. The van der Waals surface area contributed by atoms with Crippen LogP contribution in [0.1, 0.15) is 10.4 Å². The van der Waals surface area contributed by atoms with Gasteiger partial charge in [0.15, 0.2) is 6.29 Å². The summed E-state index contributed by atoms with van der Waals surface area (Å²) in [5.41, 5.74) is 0.514. The van der Waals surface area contributed by atoms with Gasteiger partial charge in [-0.05, 0) is 17.5 Å². The van der Waals surface area contributed by atoms with Crippen molar-refractivity contribution in [2.24, 2.45) is 0 Å². The Labute approximate surface area is 84.2 Å². The molecule has 13 heavy (non-hydrogen) atoms. The van der Waals surface area contributed by atoms with Crippen LogP contribution < -0.4 is 0 Å². The molecule has 0 atom stereocenters. The highest BCUT2D eigenvalue weighted by Crippen LogP contribution is 2.35. The van der Waals surface area contributed by atoms with E-state index in [1.807, 2.05) is 11.4 Å². The molecule has 0 aliphatic carbocycles. The molecule has 2 aromatic rings. The van der Waals surface area contributed by atoms with E-state index in [2.05, 4.69) is 12.6 Å². The maximum Gasteiger partial charge on any atom is 0.151 e. The van der Waals surface area contributed by atoms with Crippen LogP contribution in [0.2, 0.25) is 0 Å². The van der Waals surface area contributed by atoms with Crippen LogP contribution in [0.5, 0.6) is 5.75 Å². The quantitative estimate of drug-likeness (QED) is 0.561. The summed E-state index contributed by atoms with van der Waals surface area (Å²) in [6.45, 7) is 0. The molecule has 1 aromatic heterocycles. The fourth-order valence-electron chi connectivity index (χ4n) is 1.23. The van der Waals surface area contributed by atoms with Crippen molar-refractivity contribution in [3.05, 3.63) is 23.1 Å². The second-order valence-electron chi connectivity index (χ2n) is 2.61. The van der Waals surface area contributed by atoms with E-state index in [0.717, 1.165) is 16.4 Å². The zero-order valence-electron chi connectivity index (χ0n) is 6.52. The molecule has 0 aliphatic rings. The van der Waals surface area contributed by atoms with E-state index >= 15 is 0 Å². The van der Waals surface area contributed by atoms with E-state index in [4.69, 9.17) is 0 Å². The number of phenolic OH excluding ortho intramolecular Hbond substituents is 1. The molecule has 0 saturated heterocycles. The summed E-state index contributed by atoms with van der Waals surface area (Å²) < 4.78 is 0.873. The van der Waals surface area contributed by atoms with Crippen molar-refractivity contribution in [1.82, 2.24) is 0 Å². The van der Waals surface area contributed by atoms with Crippen LogP contribution in [-0.4, -0.2) is 11.4 Å². The van der Waals surface area contributed by atoms with Crippen molar-refractivity contribution in [3.63, 3.8) is 0 Å². The highest BCUT2D eigenvalue weighted by Gasteiger charge is 2.09. The largest absolute Gasteiger partial charge is 0.507 e. The highest BCUT2D eigenvalue weighted by molar-refractivity contribution is 7.80. The van der Waals surface area contributed by atoms with Gasteiger partial charge in [0, 0.05) is 15.6 Å². The molecule has 0 fully saturated rings. The molecule has 0 aliphatic heterocycles. The van der Waals surface area contributed by atoms with E-state index in [9.17, 15) is 9.90 Å².